The quantitative estimate of drug-likeness (QED) is 0.681. The number of nitro groups is 1. The number of para-hydroxylation sites is 1. The highest BCUT2D eigenvalue weighted by Crippen LogP contribution is 2.33. The van der Waals surface area contributed by atoms with Gasteiger partial charge < -0.3 is 10.1 Å². The number of hydrogen-bond donors (Lipinski definition) is 1. The molecule has 7 nitrogen and oxygen atoms in total. The molecule has 0 fully saturated rings. The number of nitro benzene ring substituents is 1. The van der Waals surface area contributed by atoms with E-state index in [1.807, 2.05) is 0 Å². The number of benzene rings is 1. The molecule has 0 amide bonds. The van der Waals surface area contributed by atoms with E-state index in [1.54, 1.807) is 39.1 Å². The van der Waals surface area contributed by atoms with Crippen LogP contribution in [0.15, 0.2) is 24.3 Å². The van der Waals surface area contributed by atoms with Crippen LogP contribution in [0.5, 0.6) is 11.6 Å². The SMILES string of the molecule is CNc1nc(C)cc(Oc2c(C)cccc2[N+](=O)[O-])n1. The Kier molecular flexibility index (Phi) is 3.79. The topological polar surface area (TPSA) is 90.2 Å². The Labute approximate surface area is 115 Å². The molecule has 0 radical (unpaired) electrons. The molecule has 0 spiro atoms. The van der Waals surface area contributed by atoms with Crippen molar-refractivity contribution in [1.29, 1.82) is 0 Å². The van der Waals surface area contributed by atoms with Crippen molar-refractivity contribution in [3.8, 4) is 11.6 Å². The van der Waals surface area contributed by atoms with Crippen LogP contribution in [0.1, 0.15) is 11.3 Å². The van der Waals surface area contributed by atoms with Gasteiger partial charge in [0.25, 0.3) is 0 Å². The van der Waals surface area contributed by atoms with Crippen molar-refractivity contribution < 1.29 is 9.66 Å². The standard InChI is InChI=1S/C13H14N4O3/c1-8-5-4-6-10(17(18)19)12(8)20-11-7-9(2)15-13(14-3)16-11/h4-7H,1-3H3,(H,14,15,16). The largest absolute Gasteiger partial charge is 0.431 e. The lowest BCUT2D eigenvalue weighted by molar-refractivity contribution is -0.385. The highest BCUT2D eigenvalue weighted by Gasteiger charge is 2.18. The summed E-state index contributed by atoms with van der Waals surface area (Å²) < 4.78 is 5.59. The van der Waals surface area contributed by atoms with Gasteiger partial charge in [-0.3, -0.25) is 10.1 Å². The molecule has 7 heteroatoms. The van der Waals surface area contributed by atoms with Crippen molar-refractivity contribution in [1.82, 2.24) is 9.97 Å². The molecule has 0 aliphatic carbocycles. The first-order chi connectivity index (χ1) is 9.51. The van der Waals surface area contributed by atoms with Gasteiger partial charge in [-0.2, -0.15) is 4.98 Å². The summed E-state index contributed by atoms with van der Waals surface area (Å²) in [5.74, 6) is 0.855. The number of ether oxygens (including phenoxy) is 1. The van der Waals surface area contributed by atoms with Crippen molar-refractivity contribution in [2.75, 3.05) is 12.4 Å². The van der Waals surface area contributed by atoms with E-state index in [2.05, 4.69) is 15.3 Å². The van der Waals surface area contributed by atoms with Gasteiger partial charge in [-0.25, -0.2) is 4.98 Å². The highest BCUT2D eigenvalue weighted by atomic mass is 16.6. The first-order valence-corrected chi connectivity index (χ1v) is 5.96. The molecule has 104 valence electrons. The Bertz CT molecular complexity index is 658. The number of nitrogens with one attached hydrogen (secondary N) is 1. The van der Waals surface area contributed by atoms with Gasteiger partial charge in [-0.05, 0) is 19.4 Å². The monoisotopic (exact) mass is 274 g/mol. The smallest absolute Gasteiger partial charge is 0.311 e. The summed E-state index contributed by atoms with van der Waals surface area (Å²) in [6, 6.07) is 6.38. The average Bonchev–Trinajstić information content (AvgIpc) is 2.40. The summed E-state index contributed by atoms with van der Waals surface area (Å²) in [5, 5.41) is 13.8. The van der Waals surface area contributed by atoms with E-state index in [9.17, 15) is 10.1 Å². The predicted molar refractivity (Wildman–Crippen MR) is 74.2 cm³/mol. The molecular formula is C13H14N4O3. The van der Waals surface area contributed by atoms with E-state index in [1.165, 1.54) is 6.07 Å². The van der Waals surface area contributed by atoms with E-state index in [0.717, 1.165) is 0 Å². The van der Waals surface area contributed by atoms with Crippen LogP contribution in [0.2, 0.25) is 0 Å². The second-order valence-electron chi connectivity index (χ2n) is 4.20. The number of nitrogens with zero attached hydrogens (tertiary/aromatic N) is 3. The fourth-order valence-corrected chi connectivity index (χ4v) is 1.72. The van der Waals surface area contributed by atoms with Crippen molar-refractivity contribution in [2.24, 2.45) is 0 Å². The molecular weight excluding hydrogens is 260 g/mol. The minimum absolute atomic E-state index is 0.0905. The van der Waals surface area contributed by atoms with Crippen molar-refractivity contribution in [3.05, 3.63) is 45.6 Å². The zero-order chi connectivity index (χ0) is 14.7. The molecule has 1 heterocycles. The van der Waals surface area contributed by atoms with Gasteiger partial charge in [0.2, 0.25) is 17.6 Å². The van der Waals surface area contributed by atoms with Crippen LogP contribution < -0.4 is 10.1 Å². The van der Waals surface area contributed by atoms with Crippen LogP contribution in [0, 0.1) is 24.0 Å². The molecule has 20 heavy (non-hydrogen) atoms. The van der Waals surface area contributed by atoms with Crippen LogP contribution in [-0.2, 0) is 0 Å². The molecule has 2 rings (SSSR count). The van der Waals surface area contributed by atoms with Gasteiger partial charge in [-0.1, -0.05) is 12.1 Å². The molecule has 0 atom stereocenters. The number of anilines is 1. The summed E-state index contributed by atoms with van der Waals surface area (Å²) in [7, 11) is 1.69. The van der Waals surface area contributed by atoms with Gasteiger partial charge in [0.15, 0.2) is 0 Å². The molecule has 2 aromatic rings. The van der Waals surface area contributed by atoms with E-state index >= 15 is 0 Å². The van der Waals surface area contributed by atoms with Crippen molar-refractivity contribution in [2.45, 2.75) is 13.8 Å². The van der Waals surface area contributed by atoms with Crippen LogP contribution >= 0.6 is 0 Å². The van der Waals surface area contributed by atoms with E-state index in [4.69, 9.17) is 4.74 Å². The molecule has 1 aromatic carbocycles. The van der Waals surface area contributed by atoms with Gasteiger partial charge in [0.05, 0.1) is 4.92 Å². The van der Waals surface area contributed by atoms with Gasteiger partial charge in [0.1, 0.15) is 0 Å². The van der Waals surface area contributed by atoms with Gasteiger partial charge in [0, 0.05) is 24.9 Å². The minimum atomic E-state index is -0.477. The van der Waals surface area contributed by atoms with Crippen LogP contribution in [0.25, 0.3) is 0 Å². The molecule has 0 saturated carbocycles. The number of rotatable bonds is 4. The van der Waals surface area contributed by atoms with E-state index < -0.39 is 4.92 Å². The molecule has 0 aliphatic heterocycles. The molecule has 1 aromatic heterocycles. The molecule has 0 bridgehead atoms. The van der Waals surface area contributed by atoms with Gasteiger partial charge >= 0.3 is 5.69 Å². The highest BCUT2D eigenvalue weighted by molar-refractivity contribution is 5.52. The first kappa shape index (κ1) is 13.7. The second-order valence-corrected chi connectivity index (χ2v) is 4.20. The molecule has 0 aliphatic rings. The molecule has 1 N–H and O–H groups in total. The van der Waals surface area contributed by atoms with Gasteiger partial charge in [-0.15, -0.1) is 0 Å². The zero-order valence-corrected chi connectivity index (χ0v) is 11.4. The third-order valence-corrected chi connectivity index (χ3v) is 2.65. The second kappa shape index (κ2) is 5.52. The third-order valence-electron chi connectivity index (χ3n) is 2.65. The maximum Gasteiger partial charge on any atom is 0.311 e. The van der Waals surface area contributed by atoms with Crippen LogP contribution in [-0.4, -0.2) is 21.9 Å². The lowest BCUT2D eigenvalue weighted by Crippen LogP contribution is -2.01. The van der Waals surface area contributed by atoms with Crippen LogP contribution in [0.3, 0.4) is 0 Å². The lowest BCUT2D eigenvalue weighted by atomic mass is 10.2. The average molecular weight is 274 g/mol. The van der Waals surface area contributed by atoms with Crippen molar-refractivity contribution >= 4 is 11.6 Å². The Morgan fingerprint density at radius 1 is 1.30 bits per heavy atom. The maximum absolute atomic E-state index is 11.0. The molecule has 0 saturated heterocycles. The number of aryl methyl sites for hydroxylation is 2. The van der Waals surface area contributed by atoms with Crippen LogP contribution in [0.4, 0.5) is 11.6 Å². The normalized spacial score (nSPS) is 10.2. The molecule has 0 unspecified atom stereocenters. The first-order valence-electron chi connectivity index (χ1n) is 5.96. The fraction of sp³-hybridized carbons (Fsp3) is 0.231. The summed E-state index contributed by atoms with van der Waals surface area (Å²) >= 11 is 0. The van der Waals surface area contributed by atoms with E-state index in [0.29, 0.717) is 17.2 Å². The Balaban J connectivity index is 2.44. The Morgan fingerprint density at radius 2 is 2.05 bits per heavy atom. The van der Waals surface area contributed by atoms with Crippen molar-refractivity contribution in [3.63, 3.8) is 0 Å². The predicted octanol–water partition coefficient (Wildman–Crippen LogP) is 2.84. The zero-order valence-electron chi connectivity index (χ0n) is 11.4. The maximum atomic E-state index is 11.0. The number of hydrogen-bond acceptors (Lipinski definition) is 6. The van der Waals surface area contributed by atoms with E-state index in [-0.39, 0.29) is 17.3 Å². The Morgan fingerprint density at radius 3 is 2.70 bits per heavy atom. The summed E-state index contributed by atoms with van der Waals surface area (Å²) in [5.41, 5.74) is 1.28. The fourth-order valence-electron chi connectivity index (χ4n) is 1.72. The summed E-state index contributed by atoms with van der Waals surface area (Å²) in [6.07, 6.45) is 0. The third kappa shape index (κ3) is 2.82. The number of aromatic nitrogens is 2. The Hall–Kier alpha value is -2.70. The lowest BCUT2D eigenvalue weighted by Gasteiger charge is -2.09. The summed E-state index contributed by atoms with van der Waals surface area (Å²) in [4.78, 5) is 18.8. The summed E-state index contributed by atoms with van der Waals surface area (Å²) in [6.45, 7) is 3.54. The minimum Gasteiger partial charge on any atom is -0.431 e.